The summed E-state index contributed by atoms with van der Waals surface area (Å²) >= 11 is 0. The first-order valence-corrected chi connectivity index (χ1v) is 4.49. The third kappa shape index (κ3) is 4.78. The van der Waals surface area contributed by atoms with Gasteiger partial charge in [-0.2, -0.15) is 0 Å². The number of nitrogens with two attached hydrogens (primary N) is 2. The monoisotopic (exact) mass is 203 g/mol. The highest BCUT2D eigenvalue weighted by molar-refractivity contribution is 5.83. The van der Waals surface area contributed by atoms with Crippen molar-refractivity contribution in [1.29, 1.82) is 0 Å². The number of aliphatic hydroxyl groups is 1. The van der Waals surface area contributed by atoms with Crippen LogP contribution in [0.3, 0.4) is 0 Å². The number of hydrogen-bond donors (Lipinski definition) is 4. The van der Waals surface area contributed by atoms with E-state index in [2.05, 4.69) is 5.32 Å². The second kappa shape index (κ2) is 6.33. The zero-order valence-corrected chi connectivity index (χ0v) is 8.19. The Kier molecular flexibility index (Phi) is 5.82. The van der Waals surface area contributed by atoms with Crippen LogP contribution in [0.5, 0.6) is 0 Å². The fourth-order valence-corrected chi connectivity index (χ4v) is 0.871. The summed E-state index contributed by atoms with van der Waals surface area (Å²) in [6, 6.07) is -0.597. The molecule has 2 amide bonds. The molecule has 0 radical (unpaired) electrons. The molecule has 0 fully saturated rings. The minimum absolute atomic E-state index is 0.189. The fraction of sp³-hybridized carbons (Fsp3) is 0.750. The Morgan fingerprint density at radius 1 is 1.50 bits per heavy atom. The van der Waals surface area contributed by atoms with Crippen LogP contribution in [0, 0.1) is 0 Å². The van der Waals surface area contributed by atoms with Crippen LogP contribution in [-0.2, 0) is 9.59 Å². The lowest BCUT2D eigenvalue weighted by Gasteiger charge is -2.12. The van der Waals surface area contributed by atoms with Crippen molar-refractivity contribution in [2.45, 2.75) is 31.9 Å². The van der Waals surface area contributed by atoms with Gasteiger partial charge < -0.3 is 21.9 Å². The minimum Gasteiger partial charge on any atom is -0.381 e. The summed E-state index contributed by atoms with van der Waals surface area (Å²) in [4.78, 5) is 21.6. The lowest BCUT2D eigenvalue weighted by molar-refractivity contribution is -0.127. The molecule has 0 spiro atoms. The van der Waals surface area contributed by atoms with Gasteiger partial charge >= 0.3 is 0 Å². The summed E-state index contributed by atoms with van der Waals surface area (Å²) in [5.74, 6) is -1.25. The number of primary amides is 1. The molecule has 0 aliphatic rings. The Labute approximate surface area is 82.6 Å². The molecule has 0 rings (SSSR count). The number of hydrogen-bond acceptors (Lipinski definition) is 4. The molecule has 1 unspecified atom stereocenters. The first-order valence-electron chi connectivity index (χ1n) is 4.49. The van der Waals surface area contributed by atoms with Crippen LogP contribution in [0.2, 0.25) is 0 Å². The smallest absolute Gasteiger partial charge is 0.248 e. The summed E-state index contributed by atoms with van der Waals surface area (Å²) in [6.45, 7) is 1.72. The molecule has 0 saturated carbocycles. The van der Waals surface area contributed by atoms with Crippen molar-refractivity contribution in [3.63, 3.8) is 0 Å². The number of carbonyl (C=O) groups is 2. The molecule has 6 N–H and O–H groups in total. The second-order valence-electron chi connectivity index (χ2n) is 3.06. The molecule has 82 valence electrons. The minimum atomic E-state index is -1.35. The van der Waals surface area contributed by atoms with Gasteiger partial charge in [-0.25, -0.2) is 0 Å². The van der Waals surface area contributed by atoms with E-state index in [1.165, 1.54) is 0 Å². The topological polar surface area (TPSA) is 118 Å². The SMILES string of the molecule is CCC[C@H](N)C(=O)NCC(O)C(N)=O. The standard InChI is InChI=1S/C8H17N3O3/c1-2-3-5(9)8(14)11-4-6(12)7(10)13/h5-6,12H,2-4,9H2,1H3,(H2,10,13)(H,11,14)/t5-,6?/m0/s1. The maximum atomic E-state index is 11.2. The number of amides is 2. The van der Waals surface area contributed by atoms with Gasteiger partial charge in [0, 0.05) is 0 Å². The predicted octanol–water partition coefficient (Wildman–Crippen LogP) is -1.92. The molecule has 0 aromatic heterocycles. The molecule has 0 aromatic rings. The van der Waals surface area contributed by atoms with Gasteiger partial charge in [0.15, 0.2) is 0 Å². The lowest BCUT2D eigenvalue weighted by atomic mass is 10.1. The van der Waals surface area contributed by atoms with Gasteiger partial charge in [0.05, 0.1) is 12.6 Å². The molecular weight excluding hydrogens is 186 g/mol. The predicted molar refractivity (Wildman–Crippen MR) is 51.1 cm³/mol. The highest BCUT2D eigenvalue weighted by atomic mass is 16.3. The zero-order chi connectivity index (χ0) is 11.1. The van der Waals surface area contributed by atoms with Gasteiger partial charge in [-0.05, 0) is 6.42 Å². The maximum Gasteiger partial charge on any atom is 0.248 e. The van der Waals surface area contributed by atoms with Crippen LogP contribution in [0.1, 0.15) is 19.8 Å². The van der Waals surface area contributed by atoms with E-state index in [4.69, 9.17) is 16.6 Å². The van der Waals surface area contributed by atoms with Crippen LogP contribution in [0.4, 0.5) is 0 Å². The normalized spacial score (nSPS) is 14.5. The molecule has 0 bridgehead atoms. The van der Waals surface area contributed by atoms with Gasteiger partial charge in [0.25, 0.3) is 0 Å². The zero-order valence-electron chi connectivity index (χ0n) is 8.19. The molecule has 6 nitrogen and oxygen atoms in total. The molecule has 0 saturated heterocycles. The van der Waals surface area contributed by atoms with Crippen LogP contribution in [0.15, 0.2) is 0 Å². The van der Waals surface area contributed by atoms with Crippen molar-refractivity contribution in [3.05, 3.63) is 0 Å². The Hall–Kier alpha value is -1.14. The first kappa shape index (κ1) is 12.9. The summed E-state index contributed by atoms with van der Waals surface area (Å²) in [6.07, 6.45) is 0.0126. The Morgan fingerprint density at radius 2 is 2.07 bits per heavy atom. The van der Waals surface area contributed by atoms with E-state index in [1.54, 1.807) is 0 Å². The van der Waals surface area contributed by atoms with E-state index in [9.17, 15) is 9.59 Å². The molecule has 0 aromatic carbocycles. The van der Waals surface area contributed by atoms with E-state index < -0.39 is 18.1 Å². The Bertz CT molecular complexity index is 208. The van der Waals surface area contributed by atoms with Crippen molar-refractivity contribution in [2.24, 2.45) is 11.5 Å². The van der Waals surface area contributed by atoms with Crippen molar-refractivity contribution in [3.8, 4) is 0 Å². The van der Waals surface area contributed by atoms with E-state index in [0.717, 1.165) is 6.42 Å². The van der Waals surface area contributed by atoms with Crippen molar-refractivity contribution < 1.29 is 14.7 Å². The summed E-state index contributed by atoms with van der Waals surface area (Å²) < 4.78 is 0. The fourth-order valence-electron chi connectivity index (χ4n) is 0.871. The third-order valence-electron chi connectivity index (χ3n) is 1.73. The van der Waals surface area contributed by atoms with Crippen LogP contribution in [-0.4, -0.2) is 35.6 Å². The molecule has 14 heavy (non-hydrogen) atoms. The molecule has 0 aliphatic carbocycles. The van der Waals surface area contributed by atoms with Crippen LogP contribution >= 0.6 is 0 Å². The summed E-state index contributed by atoms with van der Waals surface area (Å²) in [5.41, 5.74) is 10.3. The van der Waals surface area contributed by atoms with E-state index >= 15 is 0 Å². The third-order valence-corrected chi connectivity index (χ3v) is 1.73. The largest absolute Gasteiger partial charge is 0.381 e. The van der Waals surface area contributed by atoms with Crippen molar-refractivity contribution in [2.75, 3.05) is 6.54 Å². The molecule has 6 heteroatoms. The van der Waals surface area contributed by atoms with E-state index in [1.807, 2.05) is 6.92 Å². The van der Waals surface area contributed by atoms with Crippen LogP contribution < -0.4 is 16.8 Å². The lowest BCUT2D eigenvalue weighted by Crippen LogP contribution is -2.46. The summed E-state index contributed by atoms with van der Waals surface area (Å²) in [7, 11) is 0. The highest BCUT2D eigenvalue weighted by Gasteiger charge is 2.15. The van der Waals surface area contributed by atoms with Crippen molar-refractivity contribution >= 4 is 11.8 Å². The molecular formula is C8H17N3O3. The second-order valence-corrected chi connectivity index (χ2v) is 3.06. The van der Waals surface area contributed by atoms with E-state index in [0.29, 0.717) is 6.42 Å². The maximum absolute atomic E-state index is 11.2. The number of nitrogens with one attached hydrogen (secondary N) is 1. The number of rotatable bonds is 6. The Balaban J connectivity index is 3.78. The van der Waals surface area contributed by atoms with Gasteiger partial charge in [-0.15, -0.1) is 0 Å². The van der Waals surface area contributed by atoms with Gasteiger partial charge in [-0.1, -0.05) is 13.3 Å². The average Bonchev–Trinajstić information content (AvgIpc) is 2.13. The average molecular weight is 203 g/mol. The first-order chi connectivity index (χ1) is 6.49. The van der Waals surface area contributed by atoms with E-state index in [-0.39, 0.29) is 12.5 Å². The van der Waals surface area contributed by atoms with Crippen LogP contribution in [0.25, 0.3) is 0 Å². The van der Waals surface area contributed by atoms with Crippen molar-refractivity contribution in [1.82, 2.24) is 5.32 Å². The molecule has 0 heterocycles. The van der Waals surface area contributed by atoms with Gasteiger partial charge in [0.2, 0.25) is 11.8 Å². The summed E-state index contributed by atoms with van der Waals surface area (Å²) in [5, 5.41) is 11.3. The van der Waals surface area contributed by atoms with Gasteiger partial charge in [0.1, 0.15) is 6.10 Å². The number of aliphatic hydroxyl groups excluding tert-OH is 1. The highest BCUT2D eigenvalue weighted by Crippen LogP contribution is 1.92. The van der Waals surface area contributed by atoms with Gasteiger partial charge in [-0.3, -0.25) is 9.59 Å². The number of carbonyl (C=O) groups excluding carboxylic acids is 2. The molecule has 0 aliphatic heterocycles. The Morgan fingerprint density at radius 3 is 2.50 bits per heavy atom. The molecule has 2 atom stereocenters. The quantitative estimate of drug-likeness (QED) is 0.402.